The van der Waals surface area contributed by atoms with Crippen molar-refractivity contribution in [1.29, 1.82) is 0 Å². The standard InChI is InChI=1S/C4H5FN4O/c5-3-1-2(8-9-3)4(10)7-6/h1H,6H2,(H,7,10)(H,8,9). The molecule has 0 aliphatic rings. The van der Waals surface area contributed by atoms with Crippen molar-refractivity contribution in [2.75, 3.05) is 0 Å². The number of carbonyl (C=O) groups excluding carboxylic acids is 1. The van der Waals surface area contributed by atoms with Gasteiger partial charge >= 0.3 is 0 Å². The summed E-state index contributed by atoms with van der Waals surface area (Å²) in [5, 5.41) is 5.25. The molecule has 0 unspecified atom stereocenters. The number of hydrazine groups is 1. The molecular formula is C4H5FN4O. The number of hydrogen-bond donors (Lipinski definition) is 3. The van der Waals surface area contributed by atoms with Crippen LogP contribution in [-0.4, -0.2) is 16.1 Å². The number of nitrogen functional groups attached to an aromatic ring is 1. The molecule has 0 aliphatic carbocycles. The Labute approximate surface area is 55.4 Å². The van der Waals surface area contributed by atoms with Crippen molar-refractivity contribution in [3.05, 3.63) is 17.7 Å². The van der Waals surface area contributed by atoms with E-state index in [1.54, 1.807) is 5.43 Å². The van der Waals surface area contributed by atoms with Gasteiger partial charge in [0.05, 0.1) is 0 Å². The zero-order valence-electron chi connectivity index (χ0n) is 4.89. The SMILES string of the molecule is NNC(=O)c1cc(F)[nH]n1. The number of nitrogens with one attached hydrogen (secondary N) is 2. The van der Waals surface area contributed by atoms with Crippen molar-refractivity contribution in [1.82, 2.24) is 15.6 Å². The molecule has 5 nitrogen and oxygen atoms in total. The first-order chi connectivity index (χ1) is 4.74. The molecule has 4 N–H and O–H groups in total. The van der Waals surface area contributed by atoms with Crippen molar-refractivity contribution >= 4 is 5.91 Å². The van der Waals surface area contributed by atoms with Gasteiger partial charge in [0.15, 0.2) is 5.69 Å². The lowest BCUT2D eigenvalue weighted by Gasteiger charge is -1.89. The van der Waals surface area contributed by atoms with Gasteiger partial charge in [-0.1, -0.05) is 0 Å². The summed E-state index contributed by atoms with van der Waals surface area (Å²) in [6.07, 6.45) is 0. The van der Waals surface area contributed by atoms with Crippen LogP contribution in [0.3, 0.4) is 0 Å². The van der Waals surface area contributed by atoms with E-state index in [4.69, 9.17) is 5.84 Å². The van der Waals surface area contributed by atoms with Crippen LogP contribution in [0.2, 0.25) is 0 Å². The molecule has 0 aromatic carbocycles. The van der Waals surface area contributed by atoms with Crippen LogP contribution in [0.25, 0.3) is 0 Å². The second kappa shape index (κ2) is 2.44. The van der Waals surface area contributed by atoms with Crippen molar-refractivity contribution in [2.24, 2.45) is 5.84 Å². The van der Waals surface area contributed by atoms with Crippen LogP contribution in [0, 0.1) is 5.95 Å². The van der Waals surface area contributed by atoms with E-state index < -0.39 is 11.9 Å². The third-order valence-corrected chi connectivity index (χ3v) is 0.910. The van der Waals surface area contributed by atoms with Gasteiger partial charge in [-0.15, -0.1) is 0 Å². The van der Waals surface area contributed by atoms with Crippen LogP contribution in [0.15, 0.2) is 6.07 Å². The number of rotatable bonds is 1. The fraction of sp³-hybridized carbons (Fsp3) is 0. The fourth-order valence-corrected chi connectivity index (χ4v) is 0.488. The molecule has 1 rings (SSSR count). The minimum Gasteiger partial charge on any atom is -0.289 e. The Morgan fingerprint density at radius 2 is 2.60 bits per heavy atom. The number of halogens is 1. The van der Waals surface area contributed by atoms with Gasteiger partial charge in [-0.3, -0.25) is 15.3 Å². The number of aromatic amines is 1. The molecule has 1 aromatic rings. The molecule has 1 heterocycles. The number of nitrogens with two attached hydrogens (primary N) is 1. The summed E-state index contributed by atoms with van der Waals surface area (Å²) in [5.41, 5.74) is 1.74. The number of aromatic nitrogens is 2. The lowest BCUT2D eigenvalue weighted by molar-refractivity contribution is 0.0948. The molecule has 0 aliphatic heterocycles. The summed E-state index contributed by atoms with van der Waals surface area (Å²) < 4.78 is 12.1. The molecule has 0 saturated carbocycles. The highest BCUT2D eigenvalue weighted by Gasteiger charge is 2.06. The number of amides is 1. The maximum absolute atomic E-state index is 12.1. The molecule has 0 saturated heterocycles. The molecular weight excluding hydrogens is 139 g/mol. The normalized spacial score (nSPS) is 9.40. The molecule has 0 radical (unpaired) electrons. The highest BCUT2D eigenvalue weighted by atomic mass is 19.1. The molecule has 0 fully saturated rings. The minimum atomic E-state index is -0.668. The Morgan fingerprint density at radius 3 is 3.00 bits per heavy atom. The van der Waals surface area contributed by atoms with Gasteiger partial charge in [-0.25, -0.2) is 5.84 Å². The lowest BCUT2D eigenvalue weighted by atomic mass is 10.4. The highest BCUT2D eigenvalue weighted by molar-refractivity contribution is 5.91. The summed E-state index contributed by atoms with van der Waals surface area (Å²) >= 11 is 0. The van der Waals surface area contributed by atoms with E-state index in [-0.39, 0.29) is 5.69 Å². The van der Waals surface area contributed by atoms with Gasteiger partial charge in [0.1, 0.15) is 0 Å². The van der Waals surface area contributed by atoms with Crippen molar-refractivity contribution in [3.8, 4) is 0 Å². The summed E-state index contributed by atoms with van der Waals surface area (Å²) in [5.74, 6) is 3.44. The van der Waals surface area contributed by atoms with E-state index in [1.807, 2.05) is 5.10 Å². The van der Waals surface area contributed by atoms with Crippen LogP contribution in [-0.2, 0) is 0 Å². The maximum atomic E-state index is 12.1. The molecule has 0 atom stereocenters. The first-order valence-corrected chi connectivity index (χ1v) is 2.46. The van der Waals surface area contributed by atoms with Gasteiger partial charge in [-0.2, -0.15) is 9.49 Å². The Balaban J connectivity index is 2.85. The quantitative estimate of drug-likeness (QED) is 0.273. The average Bonchev–Trinajstić information content (AvgIpc) is 2.34. The molecule has 10 heavy (non-hydrogen) atoms. The van der Waals surface area contributed by atoms with Crippen LogP contribution in [0.1, 0.15) is 10.5 Å². The van der Waals surface area contributed by atoms with Gasteiger partial charge in [0, 0.05) is 6.07 Å². The Morgan fingerprint density at radius 1 is 1.90 bits per heavy atom. The third-order valence-electron chi connectivity index (χ3n) is 0.910. The molecule has 6 heteroatoms. The van der Waals surface area contributed by atoms with E-state index in [9.17, 15) is 9.18 Å². The first kappa shape index (κ1) is 6.69. The zero-order chi connectivity index (χ0) is 7.56. The topological polar surface area (TPSA) is 83.8 Å². The van der Waals surface area contributed by atoms with E-state index in [0.29, 0.717) is 0 Å². The molecule has 1 amide bonds. The number of carbonyl (C=O) groups is 1. The second-order valence-electron chi connectivity index (χ2n) is 1.57. The predicted molar refractivity (Wildman–Crippen MR) is 30.2 cm³/mol. The number of hydrogen-bond acceptors (Lipinski definition) is 3. The third kappa shape index (κ3) is 1.11. The minimum absolute atomic E-state index is 0.0694. The molecule has 54 valence electrons. The van der Waals surface area contributed by atoms with Crippen molar-refractivity contribution in [2.45, 2.75) is 0 Å². The van der Waals surface area contributed by atoms with E-state index in [0.717, 1.165) is 6.07 Å². The first-order valence-electron chi connectivity index (χ1n) is 2.46. The van der Waals surface area contributed by atoms with E-state index >= 15 is 0 Å². The van der Waals surface area contributed by atoms with Crippen molar-refractivity contribution in [3.63, 3.8) is 0 Å². The molecule has 1 aromatic heterocycles. The Hall–Kier alpha value is -1.43. The predicted octanol–water partition coefficient (Wildman–Crippen LogP) is -0.848. The van der Waals surface area contributed by atoms with Gasteiger partial charge in [0.25, 0.3) is 5.91 Å². The Kier molecular flexibility index (Phi) is 1.63. The lowest BCUT2D eigenvalue weighted by Crippen LogP contribution is -2.30. The van der Waals surface area contributed by atoms with E-state index in [1.165, 1.54) is 0 Å². The average molecular weight is 144 g/mol. The van der Waals surface area contributed by atoms with Gasteiger partial charge in [0.2, 0.25) is 5.95 Å². The molecule has 0 spiro atoms. The smallest absolute Gasteiger partial charge is 0.285 e. The van der Waals surface area contributed by atoms with Crippen LogP contribution in [0.4, 0.5) is 4.39 Å². The Bertz CT molecular complexity index is 245. The van der Waals surface area contributed by atoms with Crippen LogP contribution >= 0.6 is 0 Å². The van der Waals surface area contributed by atoms with E-state index in [2.05, 4.69) is 5.10 Å². The van der Waals surface area contributed by atoms with Crippen molar-refractivity contribution < 1.29 is 9.18 Å². The second-order valence-corrected chi connectivity index (χ2v) is 1.57. The van der Waals surface area contributed by atoms with Crippen LogP contribution < -0.4 is 11.3 Å². The largest absolute Gasteiger partial charge is 0.289 e. The summed E-state index contributed by atoms with van der Waals surface area (Å²) in [6, 6.07) is 0.947. The molecule has 0 bridgehead atoms. The summed E-state index contributed by atoms with van der Waals surface area (Å²) in [6.45, 7) is 0. The van der Waals surface area contributed by atoms with Gasteiger partial charge < -0.3 is 0 Å². The highest BCUT2D eigenvalue weighted by Crippen LogP contribution is 1.95. The number of H-pyrrole nitrogens is 1. The number of nitrogens with zero attached hydrogens (tertiary/aromatic N) is 1. The fourth-order valence-electron chi connectivity index (χ4n) is 0.488. The van der Waals surface area contributed by atoms with Crippen LogP contribution in [0.5, 0.6) is 0 Å². The maximum Gasteiger partial charge on any atom is 0.285 e. The summed E-state index contributed by atoms with van der Waals surface area (Å²) in [4.78, 5) is 10.5. The van der Waals surface area contributed by atoms with Gasteiger partial charge in [-0.05, 0) is 0 Å². The monoisotopic (exact) mass is 144 g/mol. The zero-order valence-corrected chi connectivity index (χ0v) is 4.89. The summed E-state index contributed by atoms with van der Waals surface area (Å²) in [7, 11) is 0.